The summed E-state index contributed by atoms with van der Waals surface area (Å²) in [7, 11) is 0. The Morgan fingerprint density at radius 2 is 1.94 bits per heavy atom. The molecule has 17 heavy (non-hydrogen) atoms. The molecule has 0 fully saturated rings. The minimum atomic E-state index is -0.0944. The molecule has 0 aliphatic carbocycles. The molecule has 0 spiro atoms. The van der Waals surface area contributed by atoms with Gasteiger partial charge in [-0.1, -0.05) is 27.2 Å². The van der Waals surface area contributed by atoms with E-state index in [0.29, 0.717) is 24.8 Å². The topological polar surface area (TPSA) is 55.1 Å². The monoisotopic (exact) mass is 242 g/mol. The molecule has 1 unspecified atom stereocenters. The Hall–Kier alpha value is -0.570. The molecule has 0 aromatic carbocycles. The Labute approximate surface area is 107 Å². The Kier molecular flexibility index (Phi) is 7.44. The molecular weight excluding hydrogens is 212 g/mol. The van der Waals surface area contributed by atoms with E-state index >= 15 is 0 Å². The highest BCUT2D eigenvalue weighted by Crippen LogP contribution is 2.16. The van der Waals surface area contributed by atoms with E-state index in [2.05, 4.69) is 39.9 Å². The third-order valence-corrected chi connectivity index (χ3v) is 2.96. The van der Waals surface area contributed by atoms with E-state index in [1.807, 2.05) is 0 Å². The maximum absolute atomic E-state index is 11.9. The number of amides is 1. The van der Waals surface area contributed by atoms with Crippen molar-refractivity contribution in [1.82, 2.24) is 5.32 Å². The number of carbonyl (C=O) groups excluding carboxylic acids is 1. The van der Waals surface area contributed by atoms with Crippen LogP contribution in [0.2, 0.25) is 0 Å². The van der Waals surface area contributed by atoms with Crippen molar-refractivity contribution in [1.29, 1.82) is 0 Å². The fourth-order valence-electron chi connectivity index (χ4n) is 2.31. The van der Waals surface area contributed by atoms with Crippen molar-refractivity contribution >= 4 is 5.91 Å². The van der Waals surface area contributed by atoms with E-state index in [9.17, 15) is 4.79 Å². The first-order valence-electron chi connectivity index (χ1n) is 6.81. The van der Waals surface area contributed by atoms with Gasteiger partial charge in [0, 0.05) is 12.0 Å². The number of carbonyl (C=O) groups is 1. The predicted molar refractivity (Wildman–Crippen MR) is 73.7 cm³/mol. The van der Waals surface area contributed by atoms with Crippen LogP contribution in [0.25, 0.3) is 0 Å². The van der Waals surface area contributed by atoms with E-state index in [1.54, 1.807) is 0 Å². The number of hydrogen-bond acceptors (Lipinski definition) is 2. The van der Waals surface area contributed by atoms with Gasteiger partial charge < -0.3 is 11.1 Å². The number of nitrogens with one attached hydrogen (secondary N) is 1. The second-order valence-electron chi connectivity index (χ2n) is 6.12. The molecule has 0 radical (unpaired) electrons. The average molecular weight is 242 g/mol. The lowest BCUT2D eigenvalue weighted by atomic mass is 9.93. The predicted octanol–water partition coefficient (Wildman–Crippen LogP) is 2.69. The van der Waals surface area contributed by atoms with Gasteiger partial charge in [-0.15, -0.1) is 0 Å². The second-order valence-corrected chi connectivity index (χ2v) is 6.12. The zero-order chi connectivity index (χ0) is 13.5. The zero-order valence-corrected chi connectivity index (χ0v) is 12.2. The van der Waals surface area contributed by atoms with Crippen LogP contribution >= 0.6 is 0 Å². The fraction of sp³-hybridized carbons (Fsp3) is 0.929. The summed E-state index contributed by atoms with van der Waals surface area (Å²) in [6.07, 6.45) is 3.68. The average Bonchev–Trinajstić information content (AvgIpc) is 2.14. The van der Waals surface area contributed by atoms with Crippen molar-refractivity contribution in [2.75, 3.05) is 6.54 Å². The SMILES string of the molecule is CCCC(C)(C)NC(=O)CC(CN)CC(C)C. The van der Waals surface area contributed by atoms with Gasteiger partial charge in [-0.25, -0.2) is 0 Å². The van der Waals surface area contributed by atoms with Crippen LogP contribution in [0, 0.1) is 11.8 Å². The van der Waals surface area contributed by atoms with Crippen molar-refractivity contribution in [2.45, 2.75) is 65.8 Å². The van der Waals surface area contributed by atoms with E-state index in [0.717, 1.165) is 19.3 Å². The molecule has 0 aliphatic rings. The maximum atomic E-state index is 11.9. The van der Waals surface area contributed by atoms with E-state index in [-0.39, 0.29) is 11.4 Å². The summed E-state index contributed by atoms with van der Waals surface area (Å²) in [5.41, 5.74) is 5.62. The molecule has 3 heteroatoms. The summed E-state index contributed by atoms with van der Waals surface area (Å²) in [5.74, 6) is 1.05. The summed E-state index contributed by atoms with van der Waals surface area (Å²) >= 11 is 0. The third kappa shape index (κ3) is 8.19. The van der Waals surface area contributed by atoms with Crippen LogP contribution < -0.4 is 11.1 Å². The number of hydrogen-bond donors (Lipinski definition) is 2. The summed E-state index contributed by atoms with van der Waals surface area (Å²) in [5, 5.41) is 3.10. The third-order valence-electron chi connectivity index (χ3n) is 2.96. The van der Waals surface area contributed by atoms with E-state index in [4.69, 9.17) is 5.73 Å². The molecule has 0 bridgehead atoms. The number of nitrogens with two attached hydrogens (primary N) is 1. The molecule has 3 nitrogen and oxygen atoms in total. The first kappa shape index (κ1) is 16.4. The molecule has 0 aliphatic heterocycles. The molecule has 0 rings (SSSR count). The van der Waals surface area contributed by atoms with Gasteiger partial charge in [0.1, 0.15) is 0 Å². The van der Waals surface area contributed by atoms with Gasteiger partial charge in [0.05, 0.1) is 0 Å². The van der Waals surface area contributed by atoms with Gasteiger partial charge in [0.25, 0.3) is 0 Å². The quantitative estimate of drug-likeness (QED) is 0.687. The normalized spacial score (nSPS) is 13.8. The van der Waals surface area contributed by atoms with Gasteiger partial charge >= 0.3 is 0 Å². The molecule has 0 saturated carbocycles. The Balaban J connectivity index is 4.14. The molecule has 102 valence electrons. The molecular formula is C14H30N2O. The standard InChI is InChI=1S/C14H30N2O/c1-6-7-14(4,5)16-13(17)9-12(10-15)8-11(2)3/h11-12H,6-10,15H2,1-5H3,(H,16,17). The molecule has 1 amide bonds. The Bertz CT molecular complexity index is 224. The molecule has 0 aromatic rings. The van der Waals surface area contributed by atoms with Crippen molar-refractivity contribution in [3.05, 3.63) is 0 Å². The zero-order valence-electron chi connectivity index (χ0n) is 12.2. The highest BCUT2D eigenvalue weighted by molar-refractivity contribution is 5.76. The Morgan fingerprint density at radius 3 is 2.35 bits per heavy atom. The van der Waals surface area contributed by atoms with Crippen LogP contribution in [0.5, 0.6) is 0 Å². The van der Waals surface area contributed by atoms with E-state index < -0.39 is 0 Å². The minimum Gasteiger partial charge on any atom is -0.351 e. The maximum Gasteiger partial charge on any atom is 0.220 e. The summed E-state index contributed by atoms with van der Waals surface area (Å²) in [6, 6.07) is 0. The highest BCUT2D eigenvalue weighted by atomic mass is 16.1. The Morgan fingerprint density at radius 1 is 1.35 bits per heavy atom. The van der Waals surface area contributed by atoms with Crippen molar-refractivity contribution in [3.63, 3.8) is 0 Å². The molecule has 0 aromatic heterocycles. The second kappa shape index (κ2) is 7.70. The van der Waals surface area contributed by atoms with Gasteiger partial charge in [0.15, 0.2) is 0 Å². The van der Waals surface area contributed by atoms with Crippen LogP contribution in [-0.2, 0) is 4.79 Å². The highest BCUT2D eigenvalue weighted by Gasteiger charge is 2.21. The smallest absolute Gasteiger partial charge is 0.220 e. The lowest BCUT2D eigenvalue weighted by Gasteiger charge is -2.27. The van der Waals surface area contributed by atoms with Crippen molar-refractivity contribution in [2.24, 2.45) is 17.6 Å². The first-order chi connectivity index (χ1) is 7.80. The van der Waals surface area contributed by atoms with Crippen molar-refractivity contribution < 1.29 is 4.79 Å². The van der Waals surface area contributed by atoms with Gasteiger partial charge in [-0.05, 0) is 45.1 Å². The van der Waals surface area contributed by atoms with Crippen molar-refractivity contribution in [3.8, 4) is 0 Å². The van der Waals surface area contributed by atoms with Crippen LogP contribution in [0.15, 0.2) is 0 Å². The fourth-order valence-corrected chi connectivity index (χ4v) is 2.31. The van der Waals surface area contributed by atoms with Gasteiger partial charge in [-0.2, -0.15) is 0 Å². The lowest BCUT2D eigenvalue weighted by Crippen LogP contribution is -2.44. The van der Waals surface area contributed by atoms with Crippen LogP contribution in [-0.4, -0.2) is 18.0 Å². The summed E-state index contributed by atoms with van der Waals surface area (Å²) in [4.78, 5) is 11.9. The lowest BCUT2D eigenvalue weighted by molar-refractivity contribution is -0.123. The van der Waals surface area contributed by atoms with Gasteiger partial charge in [-0.3, -0.25) is 4.79 Å². The largest absolute Gasteiger partial charge is 0.351 e. The van der Waals surface area contributed by atoms with Crippen LogP contribution in [0.4, 0.5) is 0 Å². The van der Waals surface area contributed by atoms with Crippen LogP contribution in [0.3, 0.4) is 0 Å². The minimum absolute atomic E-state index is 0.0944. The van der Waals surface area contributed by atoms with Crippen LogP contribution in [0.1, 0.15) is 60.3 Å². The molecule has 1 atom stereocenters. The molecule has 3 N–H and O–H groups in total. The van der Waals surface area contributed by atoms with E-state index in [1.165, 1.54) is 0 Å². The number of rotatable bonds is 8. The molecule has 0 heterocycles. The summed E-state index contributed by atoms with van der Waals surface area (Å²) in [6.45, 7) is 11.2. The first-order valence-corrected chi connectivity index (χ1v) is 6.81. The van der Waals surface area contributed by atoms with Gasteiger partial charge in [0.2, 0.25) is 5.91 Å². The molecule has 0 saturated heterocycles. The summed E-state index contributed by atoms with van der Waals surface area (Å²) < 4.78 is 0.